The highest BCUT2D eigenvalue weighted by atomic mass is 16.5. The zero-order valence-electron chi connectivity index (χ0n) is 14.1. The summed E-state index contributed by atoms with van der Waals surface area (Å²) in [5.74, 6) is 0.763. The van der Waals surface area contributed by atoms with Crippen molar-refractivity contribution in [3.63, 3.8) is 0 Å². The van der Waals surface area contributed by atoms with Crippen molar-refractivity contribution in [3.8, 4) is 5.69 Å². The average molecular weight is 336 g/mol. The van der Waals surface area contributed by atoms with E-state index >= 15 is 0 Å². The van der Waals surface area contributed by atoms with Gasteiger partial charge in [0.25, 0.3) is 0 Å². The van der Waals surface area contributed by atoms with Crippen LogP contribution in [0.4, 0.5) is 5.95 Å². The molecule has 0 radical (unpaired) electrons. The number of pyridine rings is 1. The molecule has 7 nitrogen and oxygen atoms in total. The Kier molecular flexibility index (Phi) is 4.39. The summed E-state index contributed by atoms with van der Waals surface area (Å²) in [7, 11) is 0. The number of benzene rings is 1. The van der Waals surface area contributed by atoms with Crippen LogP contribution in [0.3, 0.4) is 0 Å². The lowest BCUT2D eigenvalue weighted by atomic mass is 10.2. The molecular weight excluding hydrogens is 316 g/mol. The van der Waals surface area contributed by atoms with E-state index in [0.717, 1.165) is 36.7 Å². The summed E-state index contributed by atoms with van der Waals surface area (Å²) in [5.41, 5.74) is 3.31. The Morgan fingerprint density at radius 2 is 1.92 bits per heavy atom. The van der Waals surface area contributed by atoms with Gasteiger partial charge in [-0.05, 0) is 53.6 Å². The van der Waals surface area contributed by atoms with Crippen LogP contribution in [-0.4, -0.2) is 44.4 Å². The molecule has 3 heterocycles. The molecule has 2 aromatic heterocycles. The molecule has 4 rings (SSSR count). The third-order valence-electron chi connectivity index (χ3n) is 4.39. The largest absolute Gasteiger partial charge is 0.372 e. The van der Waals surface area contributed by atoms with Gasteiger partial charge < -0.3 is 9.64 Å². The van der Waals surface area contributed by atoms with Gasteiger partial charge in [0, 0.05) is 25.5 Å². The highest BCUT2D eigenvalue weighted by Crippen LogP contribution is 2.22. The molecular formula is C18H20N6O. The lowest BCUT2D eigenvalue weighted by Crippen LogP contribution is -2.25. The lowest BCUT2D eigenvalue weighted by molar-refractivity contribution is 0.0552. The second kappa shape index (κ2) is 6.98. The average Bonchev–Trinajstić information content (AvgIpc) is 3.31. The molecule has 1 fully saturated rings. The van der Waals surface area contributed by atoms with E-state index < -0.39 is 0 Å². The first-order chi connectivity index (χ1) is 12.3. The van der Waals surface area contributed by atoms with Crippen molar-refractivity contribution in [2.75, 3.05) is 18.0 Å². The predicted molar refractivity (Wildman–Crippen MR) is 93.5 cm³/mol. The molecule has 7 heteroatoms. The van der Waals surface area contributed by atoms with Crippen molar-refractivity contribution in [1.82, 2.24) is 25.2 Å². The number of rotatable bonds is 5. The van der Waals surface area contributed by atoms with Gasteiger partial charge >= 0.3 is 0 Å². The number of tetrazole rings is 1. The van der Waals surface area contributed by atoms with Gasteiger partial charge in [-0.2, -0.15) is 4.68 Å². The third-order valence-corrected chi connectivity index (χ3v) is 4.39. The topological polar surface area (TPSA) is 69.0 Å². The monoisotopic (exact) mass is 336 g/mol. The van der Waals surface area contributed by atoms with Gasteiger partial charge in [0.2, 0.25) is 5.95 Å². The van der Waals surface area contributed by atoms with E-state index in [0.29, 0.717) is 6.61 Å². The minimum atomic E-state index is 0.177. The Bertz CT molecular complexity index is 817. The van der Waals surface area contributed by atoms with Gasteiger partial charge in [0.15, 0.2) is 0 Å². The van der Waals surface area contributed by atoms with Crippen molar-refractivity contribution < 1.29 is 4.74 Å². The quantitative estimate of drug-likeness (QED) is 0.711. The Hall–Kier alpha value is -2.80. The fraction of sp³-hybridized carbons (Fsp3) is 0.333. The maximum atomic E-state index is 6.03. The van der Waals surface area contributed by atoms with E-state index in [1.54, 1.807) is 17.1 Å². The molecule has 1 aliphatic heterocycles. The van der Waals surface area contributed by atoms with E-state index in [1.807, 2.05) is 24.3 Å². The zero-order chi connectivity index (χ0) is 17.1. The lowest BCUT2D eigenvalue weighted by Gasteiger charge is -2.17. The summed E-state index contributed by atoms with van der Waals surface area (Å²) >= 11 is 0. The molecule has 0 spiro atoms. The molecule has 1 unspecified atom stereocenters. The molecule has 1 aromatic carbocycles. The fourth-order valence-corrected chi connectivity index (χ4v) is 2.97. The summed E-state index contributed by atoms with van der Waals surface area (Å²) in [6.45, 7) is 4.34. The number of hydrogen-bond donors (Lipinski definition) is 0. The molecule has 128 valence electrons. The first-order valence-corrected chi connectivity index (χ1v) is 8.40. The SMILES string of the molecule is Cc1ccc(-n2nnnc2N2CCC(OCc3ccncc3)C2)cc1. The zero-order valence-corrected chi connectivity index (χ0v) is 14.1. The molecule has 0 saturated carbocycles. The van der Waals surface area contributed by atoms with Gasteiger partial charge in [-0.15, -0.1) is 0 Å². The molecule has 1 atom stereocenters. The molecule has 25 heavy (non-hydrogen) atoms. The van der Waals surface area contributed by atoms with Crippen LogP contribution in [0.1, 0.15) is 17.5 Å². The van der Waals surface area contributed by atoms with Crippen molar-refractivity contribution >= 4 is 5.95 Å². The van der Waals surface area contributed by atoms with Crippen molar-refractivity contribution in [2.24, 2.45) is 0 Å². The number of anilines is 1. The van der Waals surface area contributed by atoms with Gasteiger partial charge in [-0.3, -0.25) is 4.98 Å². The Balaban J connectivity index is 1.42. The predicted octanol–water partition coefficient (Wildman–Crippen LogP) is 2.16. The summed E-state index contributed by atoms with van der Waals surface area (Å²) in [4.78, 5) is 6.20. The van der Waals surface area contributed by atoms with Crippen LogP contribution >= 0.6 is 0 Å². The van der Waals surface area contributed by atoms with E-state index in [1.165, 1.54) is 5.56 Å². The van der Waals surface area contributed by atoms with Crippen molar-refractivity contribution in [3.05, 3.63) is 59.9 Å². The minimum absolute atomic E-state index is 0.177. The van der Waals surface area contributed by atoms with Crippen molar-refractivity contribution in [2.45, 2.75) is 26.1 Å². The van der Waals surface area contributed by atoms with Gasteiger partial charge in [0.05, 0.1) is 18.4 Å². The van der Waals surface area contributed by atoms with E-state index in [2.05, 4.69) is 44.5 Å². The smallest absolute Gasteiger partial charge is 0.250 e. The van der Waals surface area contributed by atoms with Gasteiger partial charge in [-0.1, -0.05) is 22.8 Å². The first kappa shape index (κ1) is 15.7. The summed E-state index contributed by atoms with van der Waals surface area (Å²) in [6.07, 6.45) is 4.72. The van der Waals surface area contributed by atoms with Gasteiger partial charge in [0.1, 0.15) is 0 Å². The maximum absolute atomic E-state index is 6.03. The Morgan fingerprint density at radius 1 is 1.12 bits per heavy atom. The molecule has 0 N–H and O–H groups in total. The minimum Gasteiger partial charge on any atom is -0.372 e. The normalized spacial score (nSPS) is 17.2. The van der Waals surface area contributed by atoms with E-state index in [-0.39, 0.29) is 6.10 Å². The molecule has 0 amide bonds. The van der Waals surface area contributed by atoms with E-state index in [9.17, 15) is 0 Å². The van der Waals surface area contributed by atoms with Crippen LogP contribution < -0.4 is 4.90 Å². The number of aromatic nitrogens is 5. The summed E-state index contributed by atoms with van der Waals surface area (Å²) in [6, 6.07) is 12.1. The Morgan fingerprint density at radius 3 is 2.72 bits per heavy atom. The molecule has 3 aromatic rings. The first-order valence-electron chi connectivity index (χ1n) is 8.40. The number of ether oxygens (including phenoxy) is 1. The highest BCUT2D eigenvalue weighted by molar-refractivity contribution is 5.42. The summed E-state index contributed by atoms with van der Waals surface area (Å²) in [5, 5.41) is 12.2. The van der Waals surface area contributed by atoms with Crippen LogP contribution in [0.15, 0.2) is 48.8 Å². The maximum Gasteiger partial charge on any atom is 0.250 e. The van der Waals surface area contributed by atoms with Crippen LogP contribution in [0.2, 0.25) is 0 Å². The van der Waals surface area contributed by atoms with Crippen LogP contribution in [0.25, 0.3) is 5.69 Å². The van der Waals surface area contributed by atoms with Crippen LogP contribution in [0, 0.1) is 6.92 Å². The van der Waals surface area contributed by atoms with Crippen molar-refractivity contribution in [1.29, 1.82) is 0 Å². The molecule has 1 aliphatic rings. The highest BCUT2D eigenvalue weighted by Gasteiger charge is 2.27. The van der Waals surface area contributed by atoms with Crippen LogP contribution in [-0.2, 0) is 11.3 Å². The van der Waals surface area contributed by atoms with Gasteiger partial charge in [-0.25, -0.2) is 0 Å². The Labute approximate surface area is 146 Å². The van der Waals surface area contributed by atoms with Crippen LogP contribution in [0.5, 0.6) is 0 Å². The second-order valence-corrected chi connectivity index (χ2v) is 6.25. The fourth-order valence-electron chi connectivity index (χ4n) is 2.97. The number of hydrogen-bond acceptors (Lipinski definition) is 6. The second-order valence-electron chi connectivity index (χ2n) is 6.25. The third kappa shape index (κ3) is 3.51. The van der Waals surface area contributed by atoms with E-state index in [4.69, 9.17) is 4.74 Å². The summed E-state index contributed by atoms with van der Waals surface area (Å²) < 4.78 is 7.81. The molecule has 0 bridgehead atoms. The number of aryl methyl sites for hydroxylation is 1. The molecule has 0 aliphatic carbocycles. The molecule has 1 saturated heterocycles. The number of nitrogens with zero attached hydrogens (tertiary/aromatic N) is 6. The standard InChI is InChI=1S/C18H20N6O/c1-14-2-4-16(5-3-14)24-18(20-21-22-24)23-11-8-17(12-23)25-13-15-6-9-19-10-7-15/h2-7,9-10,17H,8,11-13H2,1H3.